The molecule has 21 heavy (non-hydrogen) atoms. The number of fused-ring (bicyclic) bond motifs is 1. The molecule has 3 nitrogen and oxygen atoms in total. The van der Waals surface area contributed by atoms with Gasteiger partial charge in [-0.1, -0.05) is 12.1 Å². The molecular weight excluding hydrogens is 258 g/mol. The minimum atomic E-state index is 0.596. The second-order valence-electron chi connectivity index (χ2n) is 6.05. The smallest absolute Gasteiger partial charge is 0.117 e. The van der Waals surface area contributed by atoms with E-state index in [0.717, 1.165) is 16.7 Å². The summed E-state index contributed by atoms with van der Waals surface area (Å²) in [5.41, 5.74) is 12.7. The van der Waals surface area contributed by atoms with E-state index in [0.29, 0.717) is 5.92 Å². The Balaban J connectivity index is 2.06. The summed E-state index contributed by atoms with van der Waals surface area (Å²) in [4.78, 5) is 4.87. The maximum Gasteiger partial charge on any atom is 0.117 e. The second kappa shape index (κ2) is 4.35. The van der Waals surface area contributed by atoms with Crippen molar-refractivity contribution in [2.75, 3.05) is 5.73 Å². The summed E-state index contributed by atoms with van der Waals surface area (Å²) in [6.07, 6.45) is 2.48. The number of nitrogen functional groups attached to an aromatic ring is 1. The van der Waals surface area contributed by atoms with Gasteiger partial charge in [0.1, 0.15) is 5.82 Å². The van der Waals surface area contributed by atoms with Gasteiger partial charge in [0.2, 0.25) is 0 Å². The summed E-state index contributed by atoms with van der Waals surface area (Å²) in [7, 11) is 0. The molecule has 0 aliphatic heterocycles. The lowest BCUT2D eigenvalue weighted by Crippen LogP contribution is -2.03. The number of nitrogens with zero attached hydrogens (tertiary/aromatic N) is 2. The SMILES string of the molecule is Cc1cccc(-n2c(C3CC3)nc3cc(N)ccc32)c1C. The van der Waals surface area contributed by atoms with Crippen molar-refractivity contribution in [2.24, 2.45) is 0 Å². The second-order valence-corrected chi connectivity index (χ2v) is 6.05. The summed E-state index contributed by atoms with van der Waals surface area (Å²) in [6.45, 7) is 4.34. The van der Waals surface area contributed by atoms with Crippen molar-refractivity contribution in [3.63, 3.8) is 0 Å². The Hall–Kier alpha value is -2.29. The van der Waals surface area contributed by atoms with Crippen LogP contribution in [0, 0.1) is 13.8 Å². The van der Waals surface area contributed by atoms with Crippen molar-refractivity contribution in [3.8, 4) is 5.69 Å². The van der Waals surface area contributed by atoms with E-state index in [1.807, 2.05) is 12.1 Å². The lowest BCUT2D eigenvalue weighted by molar-refractivity contribution is 0.890. The zero-order chi connectivity index (χ0) is 14.6. The van der Waals surface area contributed by atoms with Gasteiger partial charge in [0, 0.05) is 11.6 Å². The molecule has 1 saturated carbocycles. The van der Waals surface area contributed by atoms with Gasteiger partial charge in [0.25, 0.3) is 0 Å². The first kappa shape index (κ1) is 12.5. The van der Waals surface area contributed by atoms with E-state index in [1.54, 1.807) is 0 Å². The lowest BCUT2D eigenvalue weighted by Gasteiger charge is -2.13. The highest BCUT2D eigenvalue weighted by molar-refractivity contribution is 5.82. The normalized spacial score (nSPS) is 14.8. The lowest BCUT2D eigenvalue weighted by atomic mass is 10.1. The monoisotopic (exact) mass is 277 g/mol. The number of imidazole rings is 1. The zero-order valence-electron chi connectivity index (χ0n) is 12.4. The maximum atomic E-state index is 5.92. The fraction of sp³-hybridized carbons (Fsp3) is 0.278. The summed E-state index contributed by atoms with van der Waals surface area (Å²) < 4.78 is 2.33. The van der Waals surface area contributed by atoms with Gasteiger partial charge < -0.3 is 5.73 Å². The van der Waals surface area contributed by atoms with Crippen molar-refractivity contribution < 1.29 is 0 Å². The van der Waals surface area contributed by atoms with Crippen LogP contribution < -0.4 is 5.73 Å². The van der Waals surface area contributed by atoms with Gasteiger partial charge in [0.15, 0.2) is 0 Å². The van der Waals surface area contributed by atoms with Crippen LogP contribution in [0.15, 0.2) is 36.4 Å². The quantitative estimate of drug-likeness (QED) is 0.717. The van der Waals surface area contributed by atoms with Crippen LogP contribution in [0.1, 0.15) is 35.7 Å². The van der Waals surface area contributed by atoms with Crippen molar-refractivity contribution in [1.29, 1.82) is 0 Å². The van der Waals surface area contributed by atoms with Crippen LogP contribution in [0.25, 0.3) is 16.7 Å². The van der Waals surface area contributed by atoms with Crippen LogP contribution in [0.5, 0.6) is 0 Å². The van der Waals surface area contributed by atoms with E-state index in [1.165, 1.54) is 35.5 Å². The van der Waals surface area contributed by atoms with Gasteiger partial charge in [-0.15, -0.1) is 0 Å². The first-order valence-corrected chi connectivity index (χ1v) is 7.49. The number of hydrogen-bond acceptors (Lipinski definition) is 2. The zero-order valence-corrected chi connectivity index (χ0v) is 12.4. The van der Waals surface area contributed by atoms with Crippen LogP contribution in [0.4, 0.5) is 5.69 Å². The van der Waals surface area contributed by atoms with Crippen LogP contribution in [-0.4, -0.2) is 9.55 Å². The highest BCUT2D eigenvalue weighted by atomic mass is 15.1. The van der Waals surface area contributed by atoms with Crippen LogP contribution in [0.3, 0.4) is 0 Å². The van der Waals surface area contributed by atoms with E-state index in [-0.39, 0.29) is 0 Å². The standard InChI is InChI=1S/C18H19N3/c1-11-4-3-5-16(12(11)2)21-17-9-8-14(19)10-15(17)20-18(21)13-6-7-13/h3-5,8-10,13H,6-7,19H2,1-2H3. The molecule has 0 saturated heterocycles. The van der Waals surface area contributed by atoms with Gasteiger partial charge in [0.05, 0.1) is 16.7 Å². The Morgan fingerprint density at radius 1 is 1.14 bits per heavy atom. The number of aryl methyl sites for hydroxylation is 1. The van der Waals surface area contributed by atoms with Crippen LogP contribution >= 0.6 is 0 Å². The Bertz CT molecular complexity index is 841. The molecule has 2 aromatic carbocycles. The number of nitrogens with two attached hydrogens (primary N) is 1. The summed E-state index contributed by atoms with van der Waals surface area (Å²) in [6, 6.07) is 12.5. The molecule has 106 valence electrons. The van der Waals surface area contributed by atoms with Crippen LogP contribution in [0.2, 0.25) is 0 Å². The van der Waals surface area contributed by atoms with Crippen molar-refractivity contribution in [1.82, 2.24) is 9.55 Å². The molecule has 1 aliphatic carbocycles. The predicted molar refractivity (Wildman–Crippen MR) is 86.9 cm³/mol. The Morgan fingerprint density at radius 3 is 2.71 bits per heavy atom. The molecule has 3 aromatic rings. The third kappa shape index (κ3) is 1.92. The third-order valence-electron chi connectivity index (χ3n) is 4.46. The molecule has 0 spiro atoms. The Kier molecular flexibility index (Phi) is 2.58. The van der Waals surface area contributed by atoms with E-state index in [9.17, 15) is 0 Å². The number of aromatic nitrogens is 2. The van der Waals surface area contributed by atoms with E-state index < -0.39 is 0 Å². The molecule has 1 heterocycles. The first-order chi connectivity index (χ1) is 10.1. The molecule has 3 heteroatoms. The molecule has 2 N–H and O–H groups in total. The number of benzene rings is 2. The van der Waals surface area contributed by atoms with Gasteiger partial charge in [-0.25, -0.2) is 4.98 Å². The van der Waals surface area contributed by atoms with Crippen molar-refractivity contribution >= 4 is 16.7 Å². The minimum absolute atomic E-state index is 0.596. The highest BCUT2D eigenvalue weighted by Crippen LogP contribution is 2.42. The summed E-state index contributed by atoms with van der Waals surface area (Å²) in [5.74, 6) is 1.78. The molecule has 0 unspecified atom stereocenters. The van der Waals surface area contributed by atoms with E-state index in [2.05, 4.69) is 42.7 Å². The van der Waals surface area contributed by atoms with E-state index >= 15 is 0 Å². The third-order valence-corrected chi connectivity index (χ3v) is 4.46. The molecule has 1 aliphatic rings. The molecule has 0 atom stereocenters. The average Bonchev–Trinajstić information content (AvgIpc) is 3.24. The largest absolute Gasteiger partial charge is 0.399 e. The van der Waals surface area contributed by atoms with Crippen molar-refractivity contribution in [3.05, 3.63) is 53.3 Å². The van der Waals surface area contributed by atoms with Crippen molar-refractivity contribution in [2.45, 2.75) is 32.6 Å². The molecule has 0 radical (unpaired) electrons. The molecular formula is C18H19N3. The molecule has 4 rings (SSSR count). The summed E-state index contributed by atoms with van der Waals surface area (Å²) in [5, 5.41) is 0. The maximum absolute atomic E-state index is 5.92. The average molecular weight is 277 g/mol. The predicted octanol–water partition coefficient (Wildman–Crippen LogP) is 4.10. The van der Waals surface area contributed by atoms with E-state index in [4.69, 9.17) is 10.7 Å². The Labute approximate surface area is 124 Å². The van der Waals surface area contributed by atoms with Gasteiger partial charge in [-0.2, -0.15) is 0 Å². The van der Waals surface area contributed by atoms with Gasteiger partial charge in [-0.3, -0.25) is 4.57 Å². The fourth-order valence-electron chi connectivity index (χ4n) is 2.96. The topological polar surface area (TPSA) is 43.8 Å². The van der Waals surface area contributed by atoms with Gasteiger partial charge >= 0.3 is 0 Å². The molecule has 0 bridgehead atoms. The molecule has 0 amide bonds. The first-order valence-electron chi connectivity index (χ1n) is 7.49. The highest BCUT2D eigenvalue weighted by Gasteiger charge is 2.30. The summed E-state index contributed by atoms with van der Waals surface area (Å²) >= 11 is 0. The van der Waals surface area contributed by atoms with Crippen LogP contribution in [-0.2, 0) is 0 Å². The Morgan fingerprint density at radius 2 is 1.95 bits per heavy atom. The number of rotatable bonds is 2. The minimum Gasteiger partial charge on any atom is -0.399 e. The molecule has 1 aromatic heterocycles. The number of hydrogen-bond donors (Lipinski definition) is 1. The molecule has 1 fully saturated rings. The number of anilines is 1. The van der Waals surface area contributed by atoms with Gasteiger partial charge in [-0.05, 0) is 62.1 Å². The fourth-order valence-corrected chi connectivity index (χ4v) is 2.96.